The monoisotopic (exact) mass is 293 g/mol. The van der Waals surface area contributed by atoms with Gasteiger partial charge in [0.2, 0.25) is 5.91 Å². The molecule has 1 aromatic carbocycles. The maximum Gasteiger partial charge on any atom is 0.308 e. The highest BCUT2D eigenvalue weighted by molar-refractivity contribution is 5.78. The first-order valence-corrected chi connectivity index (χ1v) is 6.99. The number of amides is 1. The Labute approximate surface area is 122 Å². The van der Waals surface area contributed by atoms with Gasteiger partial charge >= 0.3 is 5.97 Å². The number of nitrogens with zero attached hydrogens (tertiary/aromatic N) is 1. The van der Waals surface area contributed by atoms with Crippen LogP contribution in [-0.2, 0) is 16.0 Å². The lowest BCUT2D eigenvalue weighted by atomic mass is 9.97. The van der Waals surface area contributed by atoms with Crippen LogP contribution >= 0.6 is 0 Å². The molecule has 2 rings (SSSR count). The van der Waals surface area contributed by atoms with E-state index in [-0.39, 0.29) is 30.4 Å². The Morgan fingerprint density at radius 2 is 2.00 bits per heavy atom. The molecule has 0 saturated carbocycles. The third kappa shape index (κ3) is 3.87. The number of phenolic OH excluding ortho intramolecular Hbond substituents is 2. The highest BCUT2D eigenvalue weighted by Gasteiger charge is 2.27. The molecule has 1 amide bonds. The van der Waals surface area contributed by atoms with Crippen molar-refractivity contribution in [3.63, 3.8) is 0 Å². The van der Waals surface area contributed by atoms with Crippen molar-refractivity contribution in [1.82, 2.24) is 4.90 Å². The summed E-state index contributed by atoms with van der Waals surface area (Å²) in [5.41, 5.74) is 0.755. The molecular formula is C15H19NO5. The minimum absolute atomic E-state index is 0.0754. The molecule has 1 saturated heterocycles. The van der Waals surface area contributed by atoms with Gasteiger partial charge in [-0.15, -0.1) is 0 Å². The summed E-state index contributed by atoms with van der Waals surface area (Å²) in [7, 11) is 0. The van der Waals surface area contributed by atoms with Gasteiger partial charge in [0.25, 0.3) is 0 Å². The minimum Gasteiger partial charge on any atom is -0.504 e. The summed E-state index contributed by atoms with van der Waals surface area (Å²) in [4.78, 5) is 24.7. The number of carboxylic acids is 1. The second-order valence-corrected chi connectivity index (χ2v) is 5.34. The number of aryl methyl sites for hydroxylation is 1. The smallest absolute Gasteiger partial charge is 0.308 e. The van der Waals surface area contributed by atoms with Crippen molar-refractivity contribution >= 4 is 11.9 Å². The Morgan fingerprint density at radius 1 is 1.24 bits per heavy atom. The second-order valence-electron chi connectivity index (χ2n) is 5.34. The first-order chi connectivity index (χ1) is 9.97. The van der Waals surface area contributed by atoms with Crippen molar-refractivity contribution in [2.24, 2.45) is 5.92 Å². The average Bonchev–Trinajstić information content (AvgIpc) is 2.48. The van der Waals surface area contributed by atoms with Crippen LogP contribution in [0.4, 0.5) is 0 Å². The quantitative estimate of drug-likeness (QED) is 0.728. The zero-order chi connectivity index (χ0) is 15.4. The summed E-state index contributed by atoms with van der Waals surface area (Å²) >= 11 is 0. The van der Waals surface area contributed by atoms with Gasteiger partial charge < -0.3 is 20.2 Å². The molecule has 1 aromatic rings. The van der Waals surface area contributed by atoms with Gasteiger partial charge in [-0.05, 0) is 37.0 Å². The SMILES string of the molecule is O=C(O)C1CCCN(C(=O)CCc2ccc(O)c(O)c2)C1. The molecule has 0 aromatic heterocycles. The van der Waals surface area contributed by atoms with Crippen LogP contribution < -0.4 is 0 Å². The summed E-state index contributed by atoms with van der Waals surface area (Å²) in [6.45, 7) is 0.873. The summed E-state index contributed by atoms with van der Waals surface area (Å²) in [6.07, 6.45) is 2.03. The Bertz CT molecular complexity index is 543. The Morgan fingerprint density at radius 3 is 2.67 bits per heavy atom. The zero-order valence-electron chi connectivity index (χ0n) is 11.7. The Hall–Kier alpha value is -2.24. The molecule has 6 nitrogen and oxygen atoms in total. The number of rotatable bonds is 4. The van der Waals surface area contributed by atoms with Crippen molar-refractivity contribution < 1.29 is 24.9 Å². The standard InChI is InChI=1S/C15H19NO5/c17-12-5-3-10(8-13(12)18)4-6-14(19)16-7-1-2-11(9-16)15(20)21/h3,5,8,11,17-18H,1-2,4,6-7,9H2,(H,20,21). The van der Waals surface area contributed by atoms with Crippen molar-refractivity contribution in [3.05, 3.63) is 23.8 Å². The highest BCUT2D eigenvalue weighted by Crippen LogP contribution is 2.25. The van der Waals surface area contributed by atoms with E-state index in [1.165, 1.54) is 12.1 Å². The highest BCUT2D eigenvalue weighted by atomic mass is 16.4. The van der Waals surface area contributed by atoms with Crippen molar-refractivity contribution in [3.8, 4) is 11.5 Å². The predicted molar refractivity (Wildman–Crippen MR) is 75.0 cm³/mol. The summed E-state index contributed by atoms with van der Waals surface area (Å²) in [5.74, 6) is -1.79. The molecular weight excluding hydrogens is 274 g/mol. The number of benzene rings is 1. The molecule has 1 aliphatic rings. The van der Waals surface area contributed by atoms with Gasteiger partial charge in [0.15, 0.2) is 11.5 Å². The number of aromatic hydroxyl groups is 2. The molecule has 0 aliphatic carbocycles. The molecule has 21 heavy (non-hydrogen) atoms. The van der Waals surface area contributed by atoms with Crippen molar-refractivity contribution in [2.75, 3.05) is 13.1 Å². The molecule has 6 heteroatoms. The van der Waals surface area contributed by atoms with Crippen molar-refractivity contribution in [1.29, 1.82) is 0 Å². The number of aliphatic carboxylic acids is 1. The molecule has 1 atom stereocenters. The number of carbonyl (C=O) groups excluding carboxylic acids is 1. The van der Waals surface area contributed by atoms with Gasteiger partial charge in [-0.3, -0.25) is 9.59 Å². The number of piperidine rings is 1. The van der Waals surface area contributed by atoms with E-state index in [0.717, 1.165) is 5.56 Å². The molecule has 0 radical (unpaired) electrons. The predicted octanol–water partition coefficient (Wildman–Crippen LogP) is 1.35. The van der Waals surface area contributed by atoms with Crippen LogP contribution in [0.25, 0.3) is 0 Å². The van der Waals surface area contributed by atoms with E-state index in [0.29, 0.717) is 25.8 Å². The third-order valence-electron chi connectivity index (χ3n) is 3.79. The molecule has 3 N–H and O–H groups in total. The molecule has 1 heterocycles. The van der Waals surface area contributed by atoms with Gasteiger partial charge in [-0.1, -0.05) is 6.07 Å². The van der Waals surface area contributed by atoms with Crippen LogP contribution in [-0.4, -0.2) is 45.2 Å². The fourth-order valence-electron chi connectivity index (χ4n) is 2.54. The number of hydrogen-bond donors (Lipinski definition) is 3. The Kier molecular flexibility index (Phi) is 4.67. The molecule has 1 unspecified atom stereocenters. The fraction of sp³-hybridized carbons (Fsp3) is 0.467. The number of carbonyl (C=O) groups is 2. The molecule has 114 valence electrons. The minimum atomic E-state index is -0.851. The lowest BCUT2D eigenvalue weighted by Gasteiger charge is -2.30. The van der Waals surface area contributed by atoms with E-state index in [4.69, 9.17) is 5.11 Å². The molecule has 1 fully saturated rings. The number of hydrogen-bond acceptors (Lipinski definition) is 4. The zero-order valence-corrected chi connectivity index (χ0v) is 11.7. The first kappa shape index (κ1) is 15.2. The third-order valence-corrected chi connectivity index (χ3v) is 3.79. The molecule has 0 spiro atoms. The Balaban J connectivity index is 1.89. The molecule has 0 bridgehead atoms. The van der Waals surface area contributed by atoms with Gasteiger partial charge in [-0.2, -0.15) is 0 Å². The fourth-order valence-corrected chi connectivity index (χ4v) is 2.54. The number of carboxylic acid groups (broad SMARTS) is 1. The lowest BCUT2D eigenvalue weighted by molar-refractivity contribution is -0.145. The van der Waals surface area contributed by atoms with E-state index < -0.39 is 11.9 Å². The normalized spacial score (nSPS) is 18.5. The largest absolute Gasteiger partial charge is 0.504 e. The van der Waals surface area contributed by atoms with Crippen LogP contribution in [0.5, 0.6) is 11.5 Å². The summed E-state index contributed by atoms with van der Waals surface area (Å²) < 4.78 is 0. The first-order valence-electron chi connectivity index (χ1n) is 6.99. The van der Waals surface area contributed by atoms with Crippen LogP contribution in [0.15, 0.2) is 18.2 Å². The van der Waals surface area contributed by atoms with E-state index in [1.54, 1.807) is 11.0 Å². The summed E-state index contributed by atoms with van der Waals surface area (Å²) in [6, 6.07) is 4.47. The van der Waals surface area contributed by atoms with Gasteiger partial charge in [-0.25, -0.2) is 0 Å². The van der Waals surface area contributed by atoms with Crippen LogP contribution in [0.1, 0.15) is 24.8 Å². The van der Waals surface area contributed by atoms with Crippen molar-refractivity contribution in [2.45, 2.75) is 25.7 Å². The molecule has 1 aliphatic heterocycles. The van der Waals surface area contributed by atoms with Gasteiger partial charge in [0.1, 0.15) is 0 Å². The maximum atomic E-state index is 12.1. The van der Waals surface area contributed by atoms with E-state index in [9.17, 15) is 19.8 Å². The lowest BCUT2D eigenvalue weighted by Crippen LogP contribution is -2.42. The van der Waals surface area contributed by atoms with Gasteiger partial charge in [0.05, 0.1) is 5.92 Å². The maximum absolute atomic E-state index is 12.1. The van der Waals surface area contributed by atoms with E-state index >= 15 is 0 Å². The van der Waals surface area contributed by atoms with E-state index in [2.05, 4.69) is 0 Å². The average molecular weight is 293 g/mol. The van der Waals surface area contributed by atoms with E-state index in [1.807, 2.05) is 0 Å². The number of likely N-dealkylation sites (tertiary alicyclic amines) is 1. The topological polar surface area (TPSA) is 98.1 Å². The van der Waals surface area contributed by atoms with Crippen LogP contribution in [0, 0.1) is 5.92 Å². The van der Waals surface area contributed by atoms with Crippen LogP contribution in [0.3, 0.4) is 0 Å². The summed E-state index contributed by atoms with van der Waals surface area (Å²) in [5, 5.41) is 27.6. The van der Waals surface area contributed by atoms with Gasteiger partial charge in [0, 0.05) is 19.5 Å². The second kappa shape index (κ2) is 6.47. The van der Waals surface area contributed by atoms with Crippen LogP contribution in [0.2, 0.25) is 0 Å². The number of phenols is 2.